The van der Waals surface area contributed by atoms with Gasteiger partial charge in [-0.2, -0.15) is 5.10 Å². The zero-order chi connectivity index (χ0) is 20.7. The molecule has 0 saturated carbocycles. The van der Waals surface area contributed by atoms with Gasteiger partial charge in [0.25, 0.3) is 5.91 Å². The molecule has 2 heterocycles. The number of amides is 1. The molecule has 3 aromatic rings. The highest BCUT2D eigenvalue weighted by Crippen LogP contribution is 2.42. The molecule has 0 radical (unpaired) electrons. The van der Waals surface area contributed by atoms with Crippen LogP contribution in [0.4, 0.5) is 5.69 Å². The minimum Gasteiger partial charge on any atom is -0.378 e. The van der Waals surface area contributed by atoms with Gasteiger partial charge in [0, 0.05) is 56.0 Å². The molecule has 1 aliphatic carbocycles. The van der Waals surface area contributed by atoms with E-state index in [2.05, 4.69) is 89.9 Å². The van der Waals surface area contributed by atoms with Gasteiger partial charge in [-0.05, 0) is 29.7 Å². The lowest BCUT2D eigenvalue weighted by molar-refractivity contribution is 0.0645. The number of allylic oxidation sites excluding steroid dienone is 1. The van der Waals surface area contributed by atoms with Crippen LogP contribution in [0.2, 0.25) is 0 Å². The number of H-pyrrole nitrogens is 1. The highest BCUT2D eigenvalue weighted by Gasteiger charge is 2.38. The minimum absolute atomic E-state index is 0.0326. The van der Waals surface area contributed by atoms with Crippen molar-refractivity contribution in [3.63, 3.8) is 0 Å². The molecule has 1 amide bonds. The van der Waals surface area contributed by atoms with E-state index in [4.69, 9.17) is 0 Å². The summed E-state index contributed by atoms with van der Waals surface area (Å²) < 4.78 is 0. The maximum Gasteiger partial charge on any atom is 0.274 e. The summed E-state index contributed by atoms with van der Waals surface area (Å²) in [5.41, 5.74) is 5.80. The van der Waals surface area contributed by atoms with Crippen molar-refractivity contribution in [1.29, 1.82) is 0 Å². The van der Waals surface area contributed by atoms with E-state index in [9.17, 15) is 4.79 Å². The highest BCUT2D eigenvalue weighted by molar-refractivity contribution is 5.97. The molecule has 0 bridgehead atoms. The van der Waals surface area contributed by atoms with Gasteiger partial charge in [-0.1, -0.05) is 54.6 Å². The molecule has 1 aromatic heterocycles. The number of rotatable bonds is 4. The molecule has 1 unspecified atom stereocenters. The zero-order valence-electron chi connectivity index (χ0n) is 17.4. The van der Waals surface area contributed by atoms with Gasteiger partial charge in [0.05, 0.1) is 0 Å². The minimum atomic E-state index is -0.316. The summed E-state index contributed by atoms with van der Waals surface area (Å²) in [5, 5.41) is 7.61. The van der Waals surface area contributed by atoms with Gasteiger partial charge in [-0.25, -0.2) is 0 Å². The highest BCUT2D eigenvalue weighted by atomic mass is 16.2. The second-order valence-electron chi connectivity index (χ2n) is 8.40. The Morgan fingerprint density at radius 1 is 1.07 bits per heavy atom. The summed E-state index contributed by atoms with van der Waals surface area (Å²) in [6.45, 7) is 1.66. The smallest absolute Gasteiger partial charge is 0.274 e. The number of fused-ring (bicyclic) bond motifs is 1. The van der Waals surface area contributed by atoms with Gasteiger partial charge in [0.15, 0.2) is 5.69 Å². The maximum atomic E-state index is 12.8. The first-order valence-corrected chi connectivity index (χ1v) is 10.5. The molecule has 1 fully saturated rings. The van der Waals surface area contributed by atoms with E-state index >= 15 is 0 Å². The Labute approximate surface area is 177 Å². The molecule has 1 N–H and O–H groups in total. The summed E-state index contributed by atoms with van der Waals surface area (Å²) in [7, 11) is 4.12. The van der Waals surface area contributed by atoms with E-state index < -0.39 is 0 Å². The Kier molecular flexibility index (Phi) is 4.46. The summed E-state index contributed by atoms with van der Waals surface area (Å²) in [6.07, 6.45) is 6.15. The van der Waals surface area contributed by atoms with E-state index in [1.807, 2.05) is 11.0 Å². The quantitative estimate of drug-likeness (QED) is 0.726. The Balaban J connectivity index is 1.61. The number of benzene rings is 2. The number of nitrogens with one attached hydrogen (secondary N) is 1. The first-order valence-electron chi connectivity index (χ1n) is 10.5. The fraction of sp³-hybridized carbons (Fsp3) is 0.280. The summed E-state index contributed by atoms with van der Waals surface area (Å²) in [4.78, 5) is 16.8. The Hall–Kier alpha value is -3.34. The summed E-state index contributed by atoms with van der Waals surface area (Å²) in [5.74, 6) is 0.0326. The van der Waals surface area contributed by atoms with Crippen molar-refractivity contribution < 1.29 is 4.79 Å². The van der Waals surface area contributed by atoms with Crippen LogP contribution >= 0.6 is 0 Å². The van der Waals surface area contributed by atoms with Crippen LogP contribution in [0.1, 0.15) is 39.3 Å². The summed E-state index contributed by atoms with van der Waals surface area (Å²) in [6, 6.07) is 19.3. The molecule has 1 aliphatic heterocycles. The van der Waals surface area contributed by atoms with Crippen LogP contribution in [0.15, 0.2) is 60.7 Å². The van der Waals surface area contributed by atoms with Crippen molar-refractivity contribution in [1.82, 2.24) is 15.1 Å². The third-order valence-electron chi connectivity index (χ3n) is 6.39. The molecule has 0 spiro atoms. The SMILES string of the molecule is CN(C)c1cccc(C2(c3ccccc3)C=Cc3c(C(=O)N4CCC4)n[nH]c3C2)c1. The van der Waals surface area contributed by atoms with Gasteiger partial charge in [-0.15, -0.1) is 0 Å². The molecular weight excluding hydrogens is 372 g/mol. The van der Waals surface area contributed by atoms with E-state index in [0.29, 0.717) is 5.69 Å². The van der Waals surface area contributed by atoms with Crippen LogP contribution in [0.3, 0.4) is 0 Å². The lowest BCUT2D eigenvalue weighted by Crippen LogP contribution is -2.42. The van der Waals surface area contributed by atoms with Gasteiger partial charge < -0.3 is 9.80 Å². The Morgan fingerprint density at radius 3 is 2.53 bits per heavy atom. The van der Waals surface area contributed by atoms with Crippen molar-refractivity contribution in [2.75, 3.05) is 32.1 Å². The third-order valence-corrected chi connectivity index (χ3v) is 6.39. The zero-order valence-corrected chi connectivity index (χ0v) is 17.4. The number of hydrogen-bond donors (Lipinski definition) is 1. The normalized spacial score (nSPS) is 19.9. The molecular formula is C25H26N4O. The predicted octanol–water partition coefficient (Wildman–Crippen LogP) is 3.88. The molecule has 30 heavy (non-hydrogen) atoms. The topological polar surface area (TPSA) is 52.2 Å². The van der Waals surface area contributed by atoms with Crippen molar-refractivity contribution >= 4 is 17.7 Å². The van der Waals surface area contributed by atoms with E-state index in [0.717, 1.165) is 37.2 Å². The van der Waals surface area contributed by atoms with Gasteiger partial charge >= 0.3 is 0 Å². The standard InChI is InChI=1S/C25H26N4O/c1-28(2)20-11-6-10-19(16-20)25(18-8-4-3-5-9-18)13-12-21-22(17-25)26-27-23(21)24(30)29-14-7-15-29/h3-6,8-13,16H,7,14-15,17H2,1-2H3,(H,26,27). The van der Waals surface area contributed by atoms with E-state index in [1.54, 1.807) is 0 Å². The van der Waals surface area contributed by atoms with Crippen molar-refractivity contribution in [2.24, 2.45) is 0 Å². The average Bonchev–Trinajstić information content (AvgIpc) is 3.16. The number of nitrogens with zero attached hydrogens (tertiary/aromatic N) is 3. The third kappa shape index (κ3) is 2.93. The van der Waals surface area contributed by atoms with Gasteiger partial charge in [-0.3, -0.25) is 9.89 Å². The predicted molar refractivity (Wildman–Crippen MR) is 120 cm³/mol. The molecule has 1 saturated heterocycles. The van der Waals surface area contributed by atoms with Crippen LogP contribution in [0.5, 0.6) is 0 Å². The molecule has 5 nitrogen and oxygen atoms in total. The van der Waals surface area contributed by atoms with E-state index in [1.165, 1.54) is 16.8 Å². The van der Waals surface area contributed by atoms with Crippen LogP contribution < -0.4 is 4.90 Å². The number of anilines is 1. The average molecular weight is 399 g/mol. The summed E-state index contributed by atoms with van der Waals surface area (Å²) >= 11 is 0. The lowest BCUT2D eigenvalue weighted by atomic mass is 9.68. The molecule has 2 aliphatic rings. The number of carbonyl (C=O) groups is 1. The number of aromatic nitrogens is 2. The second kappa shape index (κ2) is 7.17. The van der Waals surface area contributed by atoms with Crippen LogP contribution in [0, 0.1) is 0 Å². The van der Waals surface area contributed by atoms with Gasteiger partial charge in [0.1, 0.15) is 0 Å². The van der Waals surface area contributed by atoms with Crippen molar-refractivity contribution in [2.45, 2.75) is 18.3 Å². The van der Waals surface area contributed by atoms with Gasteiger partial charge in [0.2, 0.25) is 0 Å². The molecule has 1 atom stereocenters. The number of aromatic amines is 1. The number of likely N-dealkylation sites (tertiary alicyclic amines) is 1. The van der Waals surface area contributed by atoms with Crippen molar-refractivity contribution in [3.8, 4) is 0 Å². The fourth-order valence-corrected chi connectivity index (χ4v) is 4.46. The first kappa shape index (κ1) is 18.7. The lowest BCUT2D eigenvalue weighted by Gasteiger charge is -2.35. The molecule has 5 heteroatoms. The molecule has 152 valence electrons. The van der Waals surface area contributed by atoms with Crippen LogP contribution in [-0.4, -0.2) is 48.2 Å². The monoisotopic (exact) mass is 398 g/mol. The maximum absolute atomic E-state index is 12.8. The number of carbonyl (C=O) groups excluding carboxylic acids is 1. The fourth-order valence-electron chi connectivity index (χ4n) is 4.46. The van der Waals surface area contributed by atoms with Crippen molar-refractivity contribution in [3.05, 3.63) is 88.8 Å². The second-order valence-corrected chi connectivity index (χ2v) is 8.40. The molecule has 5 rings (SSSR count). The van der Waals surface area contributed by atoms with Crippen LogP contribution in [-0.2, 0) is 11.8 Å². The first-order chi connectivity index (χ1) is 14.6. The van der Waals surface area contributed by atoms with E-state index in [-0.39, 0.29) is 11.3 Å². The van der Waals surface area contributed by atoms with Crippen LogP contribution in [0.25, 0.3) is 6.08 Å². The Bertz CT molecular complexity index is 1110. The Morgan fingerprint density at radius 2 is 1.83 bits per heavy atom. The molecule has 2 aromatic carbocycles. The largest absolute Gasteiger partial charge is 0.378 e. The number of hydrogen-bond acceptors (Lipinski definition) is 3.